The molecule has 1 aliphatic rings. The van der Waals surface area contributed by atoms with Crippen molar-refractivity contribution in [2.45, 2.75) is 39.5 Å². The molecule has 3 rings (SSSR count). The van der Waals surface area contributed by atoms with Crippen molar-refractivity contribution in [3.63, 3.8) is 0 Å². The topological polar surface area (TPSA) is 49.4 Å². The minimum absolute atomic E-state index is 0.0436. The van der Waals surface area contributed by atoms with Gasteiger partial charge in [0.05, 0.1) is 5.92 Å². The lowest BCUT2D eigenvalue weighted by Crippen LogP contribution is -2.29. The number of likely N-dealkylation sites (tertiary alicyclic amines) is 1. The molecule has 0 bridgehead atoms. The van der Waals surface area contributed by atoms with Crippen molar-refractivity contribution in [1.29, 1.82) is 0 Å². The van der Waals surface area contributed by atoms with Crippen molar-refractivity contribution in [3.8, 4) is 0 Å². The fourth-order valence-corrected chi connectivity index (χ4v) is 3.71. The zero-order chi connectivity index (χ0) is 19.2. The van der Waals surface area contributed by atoms with E-state index in [0.717, 1.165) is 36.1 Å². The van der Waals surface area contributed by atoms with Crippen LogP contribution < -0.4 is 5.32 Å². The van der Waals surface area contributed by atoms with E-state index in [-0.39, 0.29) is 17.7 Å². The summed E-state index contributed by atoms with van der Waals surface area (Å²) in [5.74, 6) is -0.222. The van der Waals surface area contributed by atoms with Gasteiger partial charge >= 0.3 is 0 Å². The van der Waals surface area contributed by atoms with Crippen LogP contribution in [0.3, 0.4) is 0 Å². The van der Waals surface area contributed by atoms with E-state index in [2.05, 4.69) is 24.4 Å². The van der Waals surface area contributed by atoms with Crippen molar-refractivity contribution in [1.82, 2.24) is 4.90 Å². The van der Waals surface area contributed by atoms with Gasteiger partial charge in [0.1, 0.15) is 0 Å². The average molecular weight is 364 g/mol. The summed E-state index contributed by atoms with van der Waals surface area (Å²) in [5, 5.41) is 3.08. The molecular formula is C23H28N2O2. The van der Waals surface area contributed by atoms with Crippen LogP contribution in [0.5, 0.6) is 0 Å². The van der Waals surface area contributed by atoms with Gasteiger partial charge in [0.25, 0.3) is 0 Å². The number of carbonyl (C=O) groups is 2. The summed E-state index contributed by atoms with van der Waals surface area (Å²) in [7, 11) is 0. The predicted octanol–water partition coefficient (Wildman–Crippen LogP) is 3.98. The summed E-state index contributed by atoms with van der Waals surface area (Å²) in [6.07, 6.45) is 3.05. The van der Waals surface area contributed by atoms with Gasteiger partial charge in [0.2, 0.25) is 11.8 Å². The Morgan fingerprint density at radius 1 is 1.15 bits per heavy atom. The molecule has 2 aromatic rings. The van der Waals surface area contributed by atoms with Crippen LogP contribution in [-0.2, 0) is 22.4 Å². The van der Waals surface area contributed by atoms with Gasteiger partial charge in [0, 0.05) is 25.2 Å². The Morgan fingerprint density at radius 3 is 2.67 bits per heavy atom. The van der Waals surface area contributed by atoms with E-state index in [1.165, 1.54) is 5.56 Å². The quantitative estimate of drug-likeness (QED) is 0.808. The zero-order valence-electron chi connectivity index (χ0n) is 16.2. The summed E-state index contributed by atoms with van der Waals surface area (Å²) in [6.45, 7) is 5.32. The molecular weight excluding hydrogens is 336 g/mol. The molecule has 1 heterocycles. The number of nitrogens with zero attached hydrogens (tertiary/aromatic N) is 1. The second-order valence-electron chi connectivity index (χ2n) is 7.28. The lowest BCUT2D eigenvalue weighted by Gasteiger charge is -2.18. The Morgan fingerprint density at radius 2 is 1.93 bits per heavy atom. The Balaban J connectivity index is 1.54. The second kappa shape index (κ2) is 8.85. The number of amides is 2. The Labute approximate surface area is 161 Å². The van der Waals surface area contributed by atoms with Gasteiger partial charge in [0.15, 0.2) is 0 Å². The standard InChI is InChI=1S/C23H28N2O2/c1-3-19-13-7-9-17(2)22(19)24-23(27)20-15-21(26)25(16-20)14-8-12-18-10-5-4-6-11-18/h4-7,9-11,13,20H,3,8,12,14-16H2,1-2H3,(H,24,27). The smallest absolute Gasteiger partial charge is 0.229 e. The van der Waals surface area contributed by atoms with Crippen LogP contribution in [0.1, 0.15) is 36.5 Å². The molecule has 1 unspecified atom stereocenters. The van der Waals surface area contributed by atoms with Gasteiger partial charge in [-0.05, 0) is 42.9 Å². The number of rotatable bonds is 7. The zero-order valence-corrected chi connectivity index (χ0v) is 16.2. The Hall–Kier alpha value is -2.62. The first-order chi connectivity index (χ1) is 13.1. The van der Waals surface area contributed by atoms with Gasteiger partial charge < -0.3 is 10.2 Å². The van der Waals surface area contributed by atoms with E-state index >= 15 is 0 Å². The van der Waals surface area contributed by atoms with Crippen molar-refractivity contribution in [3.05, 3.63) is 65.2 Å². The Bertz CT molecular complexity index is 801. The van der Waals surface area contributed by atoms with E-state index in [0.29, 0.717) is 19.5 Å². The molecule has 2 amide bonds. The van der Waals surface area contributed by atoms with E-state index in [4.69, 9.17) is 0 Å². The van der Waals surface area contributed by atoms with E-state index in [1.54, 1.807) is 0 Å². The van der Waals surface area contributed by atoms with E-state index < -0.39 is 0 Å². The molecule has 0 spiro atoms. The third-order valence-electron chi connectivity index (χ3n) is 5.31. The number of aryl methyl sites for hydroxylation is 3. The highest BCUT2D eigenvalue weighted by Crippen LogP contribution is 2.25. The van der Waals surface area contributed by atoms with Crippen LogP contribution >= 0.6 is 0 Å². The first-order valence-electron chi connectivity index (χ1n) is 9.79. The lowest BCUT2D eigenvalue weighted by atomic mass is 10.0. The van der Waals surface area contributed by atoms with Crippen molar-refractivity contribution >= 4 is 17.5 Å². The predicted molar refractivity (Wildman–Crippen MR) is 109 cm³/mol. The molecule has 1 fully saturated rings. The molecule has 142 valence electrons. The van der Waals surface area contributed by atoms with Crippen molar-refractivity contribution < 1.29 is 9.59 Å². The highest BCUT2D eigenvalue weighted by molar-refractivity contribution is 5.98. The molecule has 0 saturated carbocycles. The highest BCUT2D eigenvalue weighted by atomic mass is 16.2. The van der Waals surface area contributed by atoms with Gasteiger partial charge in [-0.3, -0.25) is 9.59 Å². The number of nitrogens with one attached hydrogen (secondary N) is 1. The minimum atomic E-state index is -0.265. The number of carbonyl (C=O) groups excluding carboxylic acids is 2. The molecule has 2 aromatic carbocycles. The molecule has 27 heavy (non-hydrogen) atoms. The molecule has 1 saturated heterocycles. The van der Waals surface area contributed by atoms with Gasteiger partial charge in [-0.15, -0.1) is 0 Å². The summed E-state index contributed by atoms with van der Waals surface area (Å²) < 4.78 is 0. The van der Waals surface area contributed by atoms with Crippen LogP contribution in [0.2, 0.25) is 0 Å². The van der Waals surface area contributed by atoms with E-state index in [9.17, 15) is 9.59 Å². The summed E-state index contributed by atoms with van der Waals surface area (Å²) in [4.78, 5) is 26.9. The lowest BCUT2D eigenvalue weighted by molar-refractivity contribution is -0.128. The number of para-hydroxylation sites is 1. The van der Waals surface area contributed by atoms with Crippen LogP contribution in [0.15, 0.2) is 48.5 Å². The minimum Gasteiger partial charge on any atom is -0.342 e. The fraction of sp³-hybridized carbons (Fsp3) is 0.391. The summed E-state index contributed by atoms with van der Waals surface area (Å²) >= 11 is 0. The largest absolute Gasteiger partial charge is 0.342 e. The Kier molecular flexibility index (Phi) is 6.28. The third-order valence-corrected chi connectivity index (χ3v) is 5.31. The molecule has 4 heteroatoms. The van der Waals surface area contributed by atoms with Gasteiger partial charge in [-0.2, -0.15) is 0 Å². The monoisotopic (exact) mass is 364 g/mol. The van der Waals surface area contributed by atoms with Gasteiger partial charge in [-0.1, -0.05) is 55.5 Å². The van der Waals surface area contributed by atoms with Crippen LogP contribution in [-0.4, -0.2) is 29.8 Å². The summed E-state index contributed by atoms with van der Waals surface area (Å²) in [6, 6.07) is 16.3. The van der Waals surface area contributed by atoms with Crippen LogP contribution in [0.4, 0.5) is 5.69 Å². The maximum absolute atomic E-state index is 12.7. The summed E-state index contributed by atoms with van der Waals surface area (Å²) in [5.41, 5.74) is 4.38. The molecule has 1 N–H and O–H groups in total. The fourth-order valence-electron chi connectivity index (χ4n) is 3.71. The molecule has 1 aliphatic heterocycles. The number of hydrogen-bond acceptors (Lipinski definition) is 2. The second-order valence-corrected chi connectivity index (χ2v) is 7.28. The third kappa shape index (κ3) is 4.76. The SMILES string of the molecule is CCc1cccc(C)c1NC(=O)C1CC(=O)N(CCCc2ccccc2)C1. The van der Waals surface area contributed by atoms with Crippen LogP contribution in [0.25, 0.3) is 0 Å². The molecule has 0 radical (unpaired) electrons. The van der Waals surface area contributed by atoms with Crippen molar-refractivity contribution in [2.75, 3.05) is 18.4 Å². The average Bonchev–Trinajstić information content (AvgIpc) is 3.05. The first kappa shape index (κ1) is 19.2. The number of hydrogen-bond donors (Lipinski definition) is 1. The molecule has 4 nitrogen and oxygen atoms in total. The molecule has 0 aromatic heterocycles. The van der Waals surface area contributed by atoms with Crippen LogP contribution in [0, 0.1) is 12.8 Å². The maximum atomic E-state index is 12.7. The highest BCUT2D eigenvalue weighted by Gasteiger charge is 2.34. The van der Waals surface area contributed by atoms with E-state index in [1.807, 2.05) is 48.2 Å². The number of anilines is 1. The van der Waals surface area contributed by atoms with Gasteiger partial charge in [-0.25, -0.2) is 0 Å². The first-order valence-corrected chi connectivity index (χ1v) is 9.79. The molecule has 1 atom stereocenters. The normalized spacial score (nSPS) is 16.6. The van der Waals surface area contributed by atoms with Crippen molar-refractivity contribution in [2.24, 2.45) is 5.92 Å². The number of benzene rings is 2. The maximum Gasteiger partial charge on any atom is 0.229 e. The molecule has 0 aliphatic carbocycles.